The van der Waals surface area contributed by atoms with Gasteiger partial charge in [0.1, 0.15) is 0 Å². The van der Waals surface area contributed by atoms with Gasteiger partial charge in [0.2, 0.25) is 5.91 Å². The van der Waals surface area contributed by atoms with Crippen LogP contribution in [0.2, 0.25) is 0 Å². The predicted octanol–water partition coefficient (Wildman–Crippen LogP) is -0.102. The van der Waals surface area contributed by atoms with E-state index in [1.54, 1.807) is 0 Å². The van der Waals surface area contributed by atoms with Crippen LogP contribution in [0.3, 0.4) is 0 Å². The summed E-state index contributed by atoms with van der Waals surface area (Å²) in [6.07, 6.45) is 1.39. The summed E-state index contributed by atoms with van der Waals surface area (Å²) < 4.78 is 0. The van der Waals surface area contributed by atoms with Crippen LogP contribution in [0.4, 0.5) is 0 Å². The van der Waals surface area contributed by atoms with Crippen molar-refractivity contribution < 1.29 is 9.90 Å². The van der Waals surface area contributed by atoms with Crippen LogP contribution < -0.4 is 5.32 Å². The van der Waals surface area contributed by atoms with Crippen molar-refractivity contribution in [1.82, 2.24) is 15.1 Å². The van der Waals surface area contributed by atoms with Crippen LogP contribution in [0, 0.1) is 0 Å². The Kier molecular flexibility index (Phi) is 6.05. The maximum atomic E-state index is 12.0. The lowest BCUT2D eigenvalue weighted by molar-refractivity contribution is -0.126. The number of carbonyl (C=O) groups excluding carboxylic acids is 1. The summed E-state index contributed by atoms with van der Waals surface area (Å²) in [7, 11) is 4.04. The topological polar surface area (TPSA) is 55.8 Å². The first kappa shape index (κ1) is 15.4. The molecular formula is C13H27N3O2. The molecule has 1 aliphatic rings. The Hall–Kier alpha value is -0.650. The van der Waals surface area contributed by atoms with E-state index in [1.807, 2.05) is 27.9 Å². The number of likely N-dealkylation sites (tertiary alicyclic amines) is 1. The lowest BCUT2D eigenvalue weighted by Gasteiger charge is -2.31. The molecule has 1 rings (SSSR count). The molecule has 0 aliphatic carbocycles. The third kappa shape index (κ3) is 4.23. The van der Waals surface area contributed by atoms with Gasteiger partial charge in [-0.15, -0.1) is 0 Å². The number of hydrogen-bond acceptors (Lipinski definition) is 4. The van der Waals surface area contributed by atoms with Crippen LogP contribution in [0.25, 0.3) is 0 Å². The normalized spacial score (nSPS) is 26.6. The maximum absolute atomic E-state index is 12.0. The summed E-state index contributed by atoms with van der Waals surface area (Å²) in [4.78, 5) is 16.2. The fourth-order valence-corrected chi connectivity index (χ4v) is 2.54. The summed E-state index contributed by atoms with van der Waals surface area (Å²) in [6, 6.07) is 0.0935. The molecular weight excluding hydrogens is 230 g/mol. The van der Waals surface area contributed by atoms with Crippen LogP contribution in [0.1, 0.15) is 26.7 Å². The summed E-state index contributed by atoms with van der Waals surface area (Å²) in [6.45, 7) is 6.16. The molecule has 3 unspecified atom stereocenters. The number of carbonyl (C=O) groups is 1. The van der Waals surface area contributed by atoms with Crippen LogP contribution in [0.5, 0.6) is 0 Å². The largest absolute Gasteiger partial charge is 0.392 e. The zero-order valence-electron chi connectivity index (χ0n) is 12.0. The highest BCUT2D eigenvalue weighted by Gasteiger charge is 2.36. The van der Waals surface area contributed by atoms with Crippen molar-refractivity contribution in [2.75, 3.05) is 33.7 Å². The Bertz CT molecular complexity index is 271. The molecule has 2 N–H and O–H groups in total. The lowest BCUT2D eigenvalue weighted by atomic mass is 10.1. The molecule has 0 spiro atoms. The molecule has 1 aliphatic heterocycles. The number of nitrogens with one attached hydrogen (secondary N) is 1. The molecule has 1 fully saturated rings. The van der Waals surface area contributed by atoms with Crippen LogP contribution in [-0.2, 0) is 4.79 Å². The molecule has 106 valence electrons. The van der Waals surface area contributed by atoms with Crippen molar-refractivity contribution in [2.24, 2.45) is 0 Å². The van der Waals surface area contributed by atoms with Crippen molar-refractivity contribution in [1.29, 1.82) is 0 Å². The van der Waals surface area contributed by atoms with Gasteiger partial charge in [-0.05, 0) is 33.9 Å². The lowest BCUT2D eigenvalue weighted by Crippen LogP contribution is -2.49. The van der Waals surface area contributed by atoms with E-state index in [4.69, 9.17) is 0 Å². The van der Waals surface area contributed by atoms with Crippen molar-refractivity contribution in [3.63, 3.8) is 0 Å². The zero-order chi connectivity index (χ0) is 13.7. The highest BCUT2D eigenvalue weighted by molar-refractivity contribution is 5.81. The predicted molar refractivity (Wildman–Crippen MR) is 72.4 cm³/mol. The second-order valence-corrected chi connectivity index (χ2v) is 5.47. The van der Waals surface area contributed by atoms with E-state index >= 15 is 0 Å². The third-order valence-electron chi connectivity index (χ3n) is 3.44. The van der Waals surface area contributed by atoms with Gasteiger partial charge < -0.3 is 15.3 Å². The minimum atomic E-state index is -0.309. The smallest absolute Gasteiger partial charge is 0.237 e. The molecule has 5 heteroatoms. The molecule has 0 bridgehead atoms. The van der Waals surface area contributed by atoms with Gasteiger partial charge in [-0.25, -0.2) is 0 Å². The average Bonchev–Trinajstić information content (AvgIpc) is 2.65. The van der Waals surface area contributed by atoms with Crippen LogP contribution in [-0.4, -0.2) is 72.7 Å². The van der Waals surface area contributed by atoms with Gasteiger partial charge in [-0.1, -0.05) is 6.92 Å². The molecule has 5 nitrogen and oxygen atoms in total. The van der Waals surface area contributed by atoms with Gasteiger partial charge in [0.25, 0.3) is 0 Å². The molecule has 0 radical (unpaired) electrons. The zero-order valence-corrected chi connectivity index (χ0v) is 12.0. The first-order valence-corrected chi connectivity index (χ1v) is 6.82. The number of nitrogens with zero attached hydrogens (tertiary/aromatic N) is 2. The van der Waals surface area contributed by atoms with Crippen molar-refractivity contribution in [2.45, 2.75) is 44.9 Å². The number of β-amino-alcohol motifs (C(OH)–C–C–N with tert-alkyl or cyclic N) is 1. The monoisotopic (exact) mass is 257 g/mol. The number of aliphatic hydroxyl groups excluding tert-OH is 1. The van der Waals surface area contributed by atoms with E-state index in [-0.39, 0.29) is 24.1 Å². The molecule has 0 aromatic carbocycles. The summed E-state index contributed by atoms with van der Waals surface area (Å²) in [5, 5.41) is 12.7. The van der Waals surface area contributed by atoms with E-state index < -0.39 is 0 Å². The van der Waals surface area contributed by atoms with E-state index in [0.717, 1.165) is 25.9 Å². The van der Waals surface area contributed by atoms with Crippen molar-refractivity contribution >= 4 is 5.91 Å². The Morgan fingerprint density at radius 1 is 1.56 bits per heavy atom. The third-order valence-corrected chi connectivity index (χ3v) is 3.44. The summed E-state index contributed by atoms with van der Waals surface area (Å²) in [5.41, 5.74) is 0. The minimum Gasteiger partial charge on any atom is -0.392 e. The van der Waals surface area contributed by atoms with E-state index in [0.29, 0.717) is 6.54 Å². The Labute approximate surface area is 110 Å². The molecule has 1 heterocycles. The van der Waals surface area contributed by atoms with Gasteiger partial charge in [-0.2, -0.15) is 0 Å². The van der Waals surface area contributed by atoms with E-state index in [9.17, 15) is 9.90 Å². The molecule has 0 aromatic rings. The van der Waals surface area contributed by atoms with Gasteiger partial charge in [0, 0.05) is 25.7 Å². The maximum Gasteiger partial charge on any atom is 0.237 e. The highest BCUT2D eigenvalue weighted by Crippen LogP contribution is 2.21. The molecule has 18 heavy (non-hydrogen) atoms. The molecule has 1 saturated heterocycles. The van der Waals surface area contributed by atoms with Gasteiger partial charge in [-0.3, -0.25) is 9.69 Å². The van der Waals surface area contributed by atoms with Gasteiger partial charge in [0.05, 0.1) is 12.1 Å². The summed E-state index contributed by atoms with van der Waals surface area (Å²) in [5.74, 6) is 0.0645. The first-order chi connectivity index (χ1) is 8.45. The van der Waals surface area contributed by atoms with Gasteiger partial charge >= 0.3 is 0 Å². The number of amides is 1. The van der Waals surface area contributed by atoms with Crippen LogP contribution in [0.15, 0.2) is 0 Å². The Balaban J connectivity index is 2.58. The second-order valence-electron chi connectivity index (χ2n) is 5.47. The highest BCUT2D eigenvalue weighted by atomic mass is 16.3. The SMILES string of the molecule is CCCNC(=O)C(C)N1CC(O)CC1CN(C)C. The van der Waals surface area contributed by atoms with Gasteiger partial charge in [0.15, 0.2) is 0 Å². The molecule has 3 atom stereocenters. The Morgan fingerprint density at radius 2 is 2.22 bits per heavy atom. The molecule has 1 amide bonds. The number of rotatable bonds is 6. The first-order valence-electron chi connectivity index (χ1n) is 6.82. The van der Waals surface area contributed by atoms with Crippen molar-refractivity contribution in [3.05, 3.63) is 0 Å². The quantitative estimate of drug-likeness (QED) is 0.697. The van der Waals surface area contributed by atoms with Crippen LogP contribution >= 0.6 is 0 Å². The fraction of sp³-hybridized carbons (Fsp3) is 0.923. The molecule has 0 aromatic heterocycles. The molecule has 0 saturated carbocycles. The average molecular weight is 257 g/mol. The summed E-state index contributed by atoms with van der Waals surface area (Å²) >= 11 is 0. The number of hydrogen-bond donors (Lipinski definition) is 2. The number of likely N-dealkylation sites (N-methyl/N-ethyl adjacent to an activating group) is 1. The second kappa shape index (κ2) is 7.07. The fourth-order valence-electron chi connectivity index (χ4n) is 2.54. The van der Waals surface area contributed by atoms with E-state index in [1.165, 1.54) is 0 Å². The Morgan fingerprint density at radius 3 is 2.78 bits per heavy atom. The van der Waals surface area contributed by atoms with Crippen molar-refractivity contribution in [3.8, 4) is 0 Å². The minimum absolute atomic E-state index is 0.0645. The number of aliphatic hydroxyl groups is 1. The van der Waals surface area contributed by atoms with E-state index in [2.05, 4.69) is 15.1 Å². The standard InChI is InChI=1S/C13H27N3O2/c1-5-6-14-13(18)10(2)16-9-12(17)7-11(16)8-15(3)4/h10-12,17H,5-9H2,1-4H3,(H,14,18).